The second-order valence-electron chi connectivity index (χ2n) is 3.82. The molecule has 1 aliphatic heterocycles. The van der Waals surface area contributed by atoms with Gasteiger partial charge in [-0.2, -0.15) is 0 Å². The number of benzene rings is 1. The SMILES string of the molecule is CCC1NC(=O)C(c2ccccc2)NC1=O. The smallest absolute Gasteiger partial charge is 0.247 e. The van der Waals surface area contributed by atoms with Crippen molar-refractivity contribution >= 4 is 11.8 Å². The van der Waals surface area contributed by atoms with Crippen molar-refractivity contribution in [1.82, 2.24) is 10.6 Å². The van der Waals surface area contributed by atoms with E-state index in [1.54, 1.807) is 0 Å². The monoisotopic (exact) mass is 218 g/mol. The molecule has 1 fully saturated rings. The number of carbonyl (C=O) groups excluding carboxylic acids is 2. The lowest BCUT2D eigenvalue weighted by atomic mass is 10.0. The topological polar surface area (TPSA) is 58.2 Å². The van der Waals surface area contributed by atoms with Crippen molar-refractivity contribution in [2.75, 3.05) is 0 Å². The average molecular weight is 218 g/mol. The molecule has 1 aliphatic rings. The predicted octanol–water partition coefficient (Wildman–Crippen LogP) is 0.752. The Morgan fingerprint density at radius 2 is 1.75 bits per heavy atom. The zero-order chi connectivity index (χ0) is 11.5. The predicted molar refractivity (Wildman–Crippen MR) is 59.5 cm³/mol. The Bertz CT molecular complexity index is 403. The van der Waals surface area contributed by atoms with Crippen molar-refractivity contribution < 1.29 is 9.59 Å². The molecule has 4 nitrogen and oxygen atoms in total. The highest BCUT2D eigenvalue weighted by Gasteiger charge is 2.33. The van der Waals surface area contributed by atoms with Crippen LogP contribution in [0.3, 0.4) is 0 Å². The van der Waals surface area contributed by atoms with E-state index >= 15 is 0 Å². The van der Waals surface area contributed by atoms with Crippen molar-refractivity contribution in [3.63, 3.8) is 0 Å². The van der Waals surface area contributed by atoms with E-state index < -0.39 is 12.1 Å². The van der Waals surface area contributed by atoms with Crippen molar-refractivity contribution in [3.8, 4) is 0 Å². The minimum atomic E-state index is -0.559. The van der Waals surface area contributed by atoms with Crippen LogP contribution in [-0.4, -0.2) is 17.9 Å². The Morgan fingerprint density at radius 3 is 2.38 bits per heavy atom. The third-order valence-electron chi connectivity index (χ3n) is 2.72. The van der Waals surface area contributed by atoms with E-state index in [4.69, 9.17) is 0 Å². The van der Waals surface area contributed by atoms with Gasteiger partial charge in [0.15, 0.2) is 0 Å². The van der Waals surface area contributed by atoms with Gasteiger partial charge in [-0.3, -0.25) is 9.59 Å². The van der Waals surface area contributed by atoms with Gasteiger partial charge < -0.3 is 10.6 Å². The first-order valence-electron chi connectivity index (χ1n) is 5.38. The van der Waals surface area contributed by atoms with Gasteiger partial charge in [-0.15, -0.1) is 0 Å². The number of amides is 2. The second-order valence-corrected chi connectivity index (χ2v) is 3.82. The van der Waals surface area contributed by atoms with E-state index in [0.717, 1.165) is 5.56 Å². The van der Waals surface area contributed by atoms with Gasteiger partial charge in [-0.25, -0.2) is 0 Å². The molecule has 2 rings (SSSR count). The van der Waals surface area contributed by atoms with Crippen LogP contribution in [0.5, 0.6) is 0 Å². The fourth-order valence-electron chi connectivity index (χ4n) is 1.80. The molecule has 1 aromatic rings. The summed E-state index contributed by atoms with van der Waals surface area (Å²) >= 11 is 0. The zero-order valence-electron chi connectivity index (χ0n) is 9.07. The fraction of sp³-hybridized carbons (Fsp3) is 0.333. The lowest BCUT2D eigenvalue weighted by molar-refractivity contribution is -0.137. The summed E-state index contributed by atoms with van der Waals surface area (Å²) in [4.78, 5) is 23.4. The van der Waals surface area contributed by atoms with Crippen LogP contribution in [0.15, 0.2) is 30.3 Å². The first kappa shape index (κ1) is 10.7. The highest BCUT2D eigenvalue weighted by atomic mass is 16.2. The number of rotatable bonds is 2. The fourth-order valence-corrected chi connectivity index (χ4v) is 1.80. The minimum Gasteiger partial charge on any atom is -0.342 e. The summed E-state index contributed by atoms with van der Waals surface area (Å²) in [5, 5.41) is 5.45. The Hall–Kier alpha value is -1.84. The van der Waals surface area contributed by atoms with Crippen LogP contribution in [0.25, 0.3) is 0 Å². The molecule has 1 saturated heterocycles. The summed E-state index contributed by atoms with van der Waals surface area (Å²) in [7, 11) is 0. The van der Waals surface area contributed by atoms with Crippen LogP contribution < -0.4 is 10.6 Å². The molecule has 0 bridgehead atoms. The molecular formula is C12H14N2O2. The number of hydrogen-bond donors (Lipinski definition) is 2. The lowest BCUT2D eigenvalue weighted by Crippen LogP contribution is -2.57. The maximum absolute atomic E-state index is 11.8. The van der Waals surface area contributed by atoms with E-state index in [2.05, 4.69) is 10.6 Å². The molecule has 1 heterocycles. The quantitative estimate of drug-likeness (QED) is 0.769. The Morgan fingerprint density at radius 1 is 1.06 bits per heavy atom. The molecule has 2 atom stereocenters. The summed E-state index contributed by atoms with van der Waals surface area (Å²) in [5.74, 6) is -0.256. The van der Waals surface area contributed by atoms with E-state index in [1.807, 2.05) is 37.3 Å². The van der Waals surface area contributed by atoms with E-state index in [1.165, 1.54) is 0 Å². The van der Waals surface area contributed by atoms with Gasteiger partial charge in [0.25, 0.3) is 0 Å². The van der Waals surface area contributed by atoms with Crippen LogP contribution in [0.2, 0.25) is 0 Å². The maximum atomic E-state index is 11.8. The number of piperazine rings is 1. The third kappa shape index (κ3) is 1.91. The first-order valence-corrected chi connectivity index (χ1v) is 5.38. The highest BCUT2D eigenvalue weighted by Crippen LogP contribution is 2.16. The molecule has 16 heavy (non-hydrogen) atoms. The van der Waals surface area contributed by atoms with Gasteiger partial charge in [0.1, 0.15) is 12.1 Å². The lowest BCUT2D eigenvalue weighted by Gasteiger charge is -2.29. The molecular weight excluding hydrogens is 204 g/mol. The van der Waals surface area contributed by atoms with Crippen molar-refractivity contribution in [3.05, 3.63) is 35.9 Å². The van der Waals surface area contributed by atoms with Crippen LogP contribution in [0, 0.1) is 0 Å². The van der Waals surface area contributed by atoms with Gasteiger partial charge in [0.05, 0.1) is 0 Å². The Kier molecular flexibility index (Phi) is 2.90. The van der Waals surface area contributed by atoms with E-state index in [9.17, 15) is 9.59 Å². The summed E-state index contributed by atoms with van der Waals surface area (Å²) in [6.07, 6.45) is 0.610. The van der Waals surface area contributed by atoms with Gasteiger partial charge >= 0.3 is 0 Å². The molecule has 0 aromatic heterocycles. The van der Waals surface area contributed by atoms with Crippen LogP contribution >= 0.6 is 0 Å². The molecule has 84 valence electrons. The van der Waals surface area contributed by atoms with Gasteiger partial charge in [-0.05, 0) is 12.0 Å². The Labute approximate surface area is 94.0 Å². The third-order valence-corrected chi connectivity index (χ3v) is 2.72. The summed E-state index contributed by atoms with van der Waals surface area (Å²) in [6, 6.07) is 8.28. The molecule has 2 N–H and O–H groups in total. The second kappa shape index (κ2) is 4.35. The minimum absolute atomic E-state index is 0.115. The van der Waals surface area contributed by atoms with Crippen LogP contribution in [-0.2, 0) is 9.59 Å². The summed E-state index contributed by atoms with van der Waals surface area (Å²) < 4.78 is 0. The molecule has 0 spiro atoms. The van der Waals surface area contributed by atoms with E-state index in [0.29, 0.717) is 6.42 Å². The normalized spacial score (nSPS) is 24.8. The summed E-state index contributed by atoms with van der Waals surface area (Å²) in [5.41, 5.74) is 0.808. The first-order chi connectivity index (χ1) is 7.72. The maximum Gasteiger partial charge on any atom is 0.247 e. The zero-order valence-corrected chi connectivity index (χ0v) is 9.07. The molecule has 0 radical (unpaired) electrons. The molecule has 2 amide bonds. The van der Waals surface area contributed by atoms with Gasteiger partial charge in [0, 0.05) is 0 Å². The van der Waals surface area contributed by atoms with Crippen molar-refractivity contribution in [2.45, 2.75) is 25.4 Å². The van der Waals surface area contributed by atoms with Crippen LogP contribution in [0.4, 0.5) is 0 Å². The Balaban J connectivity index is 2.19. The van der Waals surface area contributed by atoms with E-state index in [-0.39, 0.29) is 11.8 Å². The number of hydrogen-bond acceptors (Lipinski definition) is 2. The molecule has 0 aliphatic carbocycles. The largest absolute Gasteiger partial charge is 0.342 e. The highest BCUT2D eigenvalue weighted by molar-refractivity contribution is 5.97. The average Bonchev–Trinajstić information content (AvgIpc) is 2.32. The number of carbonyl (C=O) groups is 2. The molecule has 4 heteroatoms. The molecule has 2 unspecified atom stereocenters. The van der Waals surface area contributed by atoms with Gasteiger partial charge in [0.2, 0.25) is 11.8 Å². The molecule has 1 aromatic carbocycles. The number of nitrogens with one attached hydrogen (secondary N) is 2. The standard InChI is InChI=1S/C12H14N2O2/c1-2-9-11(15)14-10(12(16)13-9)8-6-4-3-5-7-8/h3-7,9-10H,2H2,1H3,(H,13,16)(H,14,15). The summed E-state index contributed by atoms with van der Waals surface area (Å²) in [6.45, 7) is 1.87. The molecule has 0 saturated carbocycles. The van der Waals surface area contributed by atoms with Gasteiger partial charge in [-0.1, -0.05) is 37.3 Å². The van der Waals surface area contributed by atoms with Crippen molar-refractivity contribution in [1.29, 1.82) is 0 Å². The van der Waals surface area contributed by atoms with Crippen molar-refractivity contribution in [2.24, 2.45) is 0 Å². The van der Waals surface area contributed by atoms with Crippen LogP contribution in [0.1, 0.15) is 24.9 Å².